The summed E-state index contributed by atoms with van der Waals surface area (Å²) in [6, 6.07) is 32.0. The number of furan rings is 1. The fourth-order valence-electron chi connectivity index (χ4n) is 5.21. The number of nitrogens with zero attached hydrogens (tertiary/aromatic N) is 2. The average molecular weight is 471 g/mol. The predicted octanol–water partition coefficient (Wildman–Crippen LogP) is 9.35. The normalized spacial score (nSPS) is 11.8. The van der Waals surface area contributed by atoms with Crippen molar-refractivity contribution in [3.05, 3.63) is 108 Å². The second-order valence-electron chi connectivity index (χ2n) is 10.1. The summed E-state index contributed by atoms with van der Waals surface area (Å²) in [5.41, 5.74) is 10.2. The molecular formula is C33H30N2O. The van der Waals surface area contributed by atoms with Gasteiger partial charge in [-0.25, -0.2) is 4.98 Å². The van der Waals surface area contributed by atoms with Crippen LogP contribution in [-0.4, -0.2) is 9.55 Å². The zero-order valence-electron chi connectivity index (χ0n) is 21.2. The van der Waals surface area contributed by atoms with E-state index in [1.165, 1.54) is 22.4 Å². The van der Waals surface area contributed by atoms with Gasteiger partial charge in [0, 0.05) is 5.39 Å². The summed E-state index contributed by atoms with van der Waals surface area (Å²) in [7, 11) is 0. The molecule has 0 saturated heterocycles. The van der Waals surface area contributed by atoms with Gasteiger partial charge in [0.2, 0.25) is 0 Å². The molecule has 0 fully saturated rings. The van der Waals surface area contributed by atoms with Crippen LogP contribution in [0.1, 0.15) is 50.7 Å². The number of para-hydroxylation sites is 3. The first-order valence-corrected chi connectivity index (χ1v) is 12.7. The van der Waals surface area contributed by atoms with E-state index in [1.807, 2.05) is 12.3 Å². The minimum Gasteiger partial charge on any atom is -0.464 e. The maximum atomic E-state index is 6.15. The van der Waals surface area contributed by atoms with Gasteiger partial charge in [-0.2, -0.15) is 0 Å². The summed E-state index contributed by atoms with van der Waals surface area (Å²) in [6.07, 6.45) is 1.87. The Morgan fingerprint density at radius 3 is 2.11 bits per heavy atom. The highest BCUT2D eigenvalue weighted by Crippen LogP contribution is 2.40. The Balaban J connectivity index is 1.63. The Hall–Kier alpha value is -4.11. The lowest BCUT2D eigenvalue weighted by Crippen LogP contribution is -2.08. The zero-order chi connectivity index (χ0) is 24.8. The summed E-state index contributed by atoms with van der Waals surface area (Å²) in [5.74, 6) is 1.67. The third-order valence-electron chi connectivity index (χ3n) is 7.05. The van der Waals surface area contributed by atoms with Crippen molar-refractivity contribution in [2.24, 2.45) is 0 Å². The minimum atomic E-state index is 0.377. The van der Waals surface area contributed by atoms with Gasteiger partial charge in [-0.05, 0) is 58.4 Å². The Labute approximate surface area is 212 Å². The van der Waals surface area contributed by atoms with Crippen LogP contribution >= 0.6 is 0 Å². The van der Waals surface area contributed by atoms with Crippen LogP contribution in [0.15, 0.2) is 102 Å². The standard InChI is InChI=1S/C33H30N2O/c1-21(2)25-13-10-14-26(22(3)4)32(25)35-30-16-9-8-15-29(30)34-33(35)28-20-36-31-19-24(17-18-27(28)31)23-11-6-5-7-12-23/h5-22H,1-4H3. The lowest BCUT2D eigenvalue weighted by atomic mass is 9.92. The van der Waals surface area contributed by atoms with Crippen LogP contribution in [0.5, 0.6) is 0 Å². The van der Waals surface area contributed by atoms with Crippen LogP contribution in [0.3, 0.4) is 0 Å². The number of hydrogen-bond acceptors (Lipinski definition) is 2. The largest absolute Gasteiger partial charge is 0.464 e. The van der Waals surface area contributed by atoms with Crippen molar-refractivity contribution in [2.75, 3.05) is 0 Å². The lowest BCUT2D eigenvalue weighted by Gasteiger charge is -2.22. The number of imidazole rings is 1. The Morgan fingerprint density at radius 1 is 0.694 bits per heavy atom. The molecule has 0 spiro atoms. The van der Waals surface area contributed by atoms with E-state index in [-0.39, 0.29) is 0 Å². The minimum absolute atomic E-state index is 0.377. The van der Waals surface area contributed by atoms with E-state index in [0.717, 1.165) is 39.0 Å². The van der Waals surface area contributed by atoms with Gasteiger partial charge in [-0.15, -0.1) is 0 Å². The third kappa shape index (κ3) is 3.63. The number of aromatic nitrogens is 2. The van der Waals surface area contributed by atoms with Crippen molar-refractivity contribution in [2.45, 2.75) is 39.5 Å². The van der Waals surface area contributed by atoms with Gasteiger partial charge in [-0.3, -0.25) is 4.57 Å². The predicted molar refractivity (Wildman–Crippen MR) is 150 cm³/mol. The number of rotatable bonds is 5. The Kier molecular flexibility index (Phi) is 5.49. The summed E-state index contributed by atoms with van der Waals surface area (Å²) in [4.78, 5) is 5.17. The number of hydrogen-bond donors (Lipinski definition) is 0. The molecule has 36 heavy (non-hydrogen) atoms. The molecule has 4 aromatic carbocycles. The number of fused-ring (bicyclic) bond motifs is 2. The van der Waals surface area contributed by atoms with E-state index in [0.29, 0.717) is 11.8 Å². The van der Waals surface area contributed by atoms with Gasteiger partial charge >= 0.3 is 0 Å². The molecule has 0 radical (unpaired) electrons. The van der Waals surface area contributed by atoms with E-state index in [2.05, 4.69) is 117 Å². The topological polar surface area (TPSA) is 31.0 Å². The molecule has 0 aliphatic heterocycles. The molecule has 0 amide bonds. The molecule has 0 atom stereocenters. The first kappa shape index (κ1) is 22.4. The van der Waals surface area contributed by atoms with Gasteiger partial charge in [0.25, 0.3) is 0 Å². The molecule has 3 nitrogen and oxygen atoms in total. The lowest BCUT2D eigenvalue weighted by molar-refractivity contribution is 0.616. The molecule has 2 aromatic heterocycles. The van der Waals surface area contributed by atoms with Gasteiger partial charge in [0.15, 0.2) is 0 Å². The van der Waals surface area contributed by atoms with Crippen molar-refractivity contribution < 1.29 is 4.42 Å². The monoisotopic (exact) mass is 470 g/mol. The van der Waals surface area contributed by atoms with Crippen molar-refractivity contribution in [1.82, 2.24) is 9.55 Å². The van der Waals surface area contributed by atoms with Crippen molar-refractivity contribution >= 4 is 22.0 Å². The molecule has 178 valence electrons. The van der Waals surface area contributed by atoms with Crippen LogP contribution in [0.2, 0.25) is 0 Å². The van der Waals surface area contributed by atoms with Crippen LogP contribution in [-0.2, 0) is 0 Å². The highest BCUT2D eigenvalue weighted by molar-refractivity contribution is 5.97. The van der Waals surface area contributed by atoms with Gasteiger partial charge < -0.3 is 4.42 Å². The molecule has 3 heteroatoms. The first-order chi connectivity index (χ1) is 17.5. The molecule has 0 bridgehead atoms. The number of benzene rings is 4. The van der Waals surface area contributed by atoms with Gasteiger partial charge in [-0.1, -0.05) is 94.4 Å². The molecule has 0 N–H and O–H groups in total. The van der Waals surface area contributed by atoms with E-state index in [9.17, 15) is 0 Å². The van der Waals surface area contributed by atoms with Crippen molar-refractivity contribution in [3.63, 3.8) is 0 Å². The van der Waals surface area contributed by atoms with E-state index >= 15 is 0 Å². The van der Waals surface area contributed by atoms with Gasteiger partial charge in [0.1, 0.15) is 17.7 Å². The molecule has 2 heterocycles. The van der Waals surface area contributed by atoms with Crippen LogP contribution in [0.25, 0.3) is 50.2 Å². The molecule has 0 aliphatic carbocycles. The molecule has 0 aliphatic rings. The van der Waals surface area contributed by atoms with E-state index in [4.69, 9.17) is 9.40 Å². The quantitative estimate of drug-likeness (QED) is 0.251. The third-order valence-corrected chi connectivity index (χ3v) is 7.05. The fourth-order valence-corrected chi connectivity index (χ4v) is 5.21. The highest BCUT2D eigenvalue weighted by atomic mass is 16.3. The van der Waals surface area contributed by atoms with Gasteiger partial charge in [0.05, 0.1) is 22.3 Å². The Morgan fingerprint density at radius 2 is 1.39 bits per heavy atom. The average Bonchev–Trinajstić information content (AvgIpc) is 3.49. The second kappa shape index (κ2) is 8.83. The fraction of sp³-hybridized carbons (Fsp3) is 0.182. The molecular weight excluding hydrogens is 440 g/mol. The zero-order valence-corrected chi connectivity index (χ0v) is 21.2. The summed E-state index contributed by atoms with van der Waals surface area (Å²) < 4.78 is 8.51. The molecule has 6 rings (SSSR count). The molecule has 0 unspecified atom stereocenters. The van der Waals surface area contributed by atoms with E-state index < -0.39 is 0 Å². The summed E-state index contributed by atoms with van der Waals surface area (Å²) in [6.45, 7) is 9.06. The summed E-state index contributed by atoms with van der Waals surface area (Å²) in [5, 5.41) is 1.07. The molecule has 0 saturated carbocycles. The van der Waals surface area contributed by atoms with Crippen molar-refractivity contribution in [1.29, 1.82) is 0 Å². The second-order valence-corrected chi connectivity index (χ2v) is 10.1. The maximum Gasteiger partial charge on any atom is 0.149 e. The Bertz CT molecular complexity index is 1660. The van der Waals surface area contributed by atoms with Crippen molar-refractivity contribution in [3.8, 4) is 28.2 Å². The maximum absolute atomic E-state index is 6.15. The smallest absolute Gasteiger partial charge is 0.149 e. The van der Waals surface area contributed by atoms with Crippen LogP contribution in [0, 0.1) is 0 Å². The summed E-state index contributed by atoms with van der Waals surface area (Å²) >= 11 is 0. The first-order valence-electron chi connectivity index (χ1n) is 12.7. The highest BCUT2D eigenvalue weighted by Gasteiger charge is 2.23. The molecule has 6 aromatic rings. The van der Waals surface area contributed by atoms with E-state index in [1.54, 1.807) is 0 Å². The van der Waals surface area contributed by atoms with Crippen LogP contribution < -0.4 is 0 Å². The van der Waals surface area contributed by atoms with Crippen LogP contribution in [0.4, 0.5) is 0 Å². The SMILES string of the molecule is CC(C)c1cccc(C(C)C)c1-n1c(-c2coc3cc(-c4ccccc4)ccc23)nc2ccccc21.